The largest absolute Gasteiger partial charge is 0.379 e. The fourth-order valence-electron chi connectivity index (χ4n) is 1.68. The summed E-state index contributed by atoms with van der Waals surface area (Å²) in [5, 5.41) is 11.5. The van der Waals surface area contributed by atoms with Crippen molar-refractivity contribution in [3.05, 3.63) is 0 Å². The fraction of sp³-hybridized carbons (Fsp3) is 0.833. The summed E-state index contributed by atoms with van der Waals surface area (Å²) in [6, 6.07) is 2.13. The van der Waals surface area contributed by atoms with Crippen molar-refractivity contribution in [2.45, 2.75) is 19.8 Å². The van der Waals surface area contributed by atoms with Gasteiger partial charge in [-0.3, -0.25) is 9.69 Å². The molecule has 0 aromatic carbocycles. The Kier molecular flexibility index (Phi) is 6.60. The van der Waals surface area contributed by atoms with E-state index in [1.54, 1.807) is 0 Å². The van der Waals surface area contributed by atoms with Crippen molar-refractivity contribution >= 4 is 5.91 Å². The molecule has 96 valence electrons. The van der Waals surface area contributed by atoms with Crippen molar-refractivity contribution in [3.8, 4) is 6.07 Å². The molecule has 0 radical (unpaired) electrons. The second-order valence-electron chi connectivity index (χ2n) is 4.37. The van der Waals surface area contributed by atoms with Crippen LogP contribution in [0.2, 0.25) is 0 Å². The Morgan fingerprint density at radius 2 is 2.24 bits per heavy atom. The van der Waals surface area contributed by atoms with Gasteiger partial charge in [0.05, 0.1) is 19.3 Å². The van der Waals surface area contributed by atoms with Gasteiger partial charge in [0.1, 0.15) is 0 Å². The van der Waals surface area contributed by atoms with Crippen molar-refractivity contribution in [1.29, 1.82) is 5.26 Å². The van der Waals surface area contributed by atoms with Crippen LogP contribution in [0.3, 0.4) is 0 Å². The van der Waals surface area contributed by atoms with Crippen LogP contribution in [-0.2, 0) is 9.53 Å². The van der Waals surface area contributed by atoms with Gasteiger partial charge in [-0.2, -0.15) is 5.26 Å². The zero-order valence-corrected chi connectivity index (χ0v) is 10.4. The van der Waals surface area contributed by atoms with Gasteiger partial charge in [-0.25, -0.2) is 0 Å². The summed E-state index contributed by atoms with van der Waals surface area (Å²) in [6.07, 6.45) is 1.08. The molecule has 1 N–H and O–H groups in total. The second kappa shape index (κ2) is 8.04. The molecule has 1 aliphatic heterocycles. The second-order valence-corrected chi connectivity index (χ2v) is 4.37. The maximum absolute atomic E-state index is 11.4. The SMILES string of the molecule is CC(C#N)CCC(=O)NCCN1CCOCC1. The molecule has 1 atom stereocenters. The number of carbonyl (C=O) groups is 1. The molecule has 1 heterocycles. The average Bonchev–Trinajstić information content (AvgIpc) is 2.37. The number of nitrogens with one attached hydrogen (secondary N) is 1. The van der Waals surface area contributed by atoms with Crippen molar-refractivity contribution in [2.75, 3.05) is 39.4 Å². The van der Waals surface area contributed by atoms with E-state index in [4.69, 9.17) is 10.00 Å². The van der Waals surface area contributed by atoms with Gasteiger partial charge < -0.3 is 10.1 Å². The molecule has 0 bridgehead atoms. The van der Waals surface area contributed by atoms with Crippen LogP contribution in [0, 0.1) is 17.2 Å². The minimum absolute atomic E-state index is 0.0417. The van der Waals surface area contributed by atoms with Crippen LogP contribution >= 0.6 is 0 Å². The van der Waals surface area contributed by atoms with Crippen molar-refractivity contribution in [2.24, 2.45) is 5.92 Å². The number of ether oxygens (including phenoxy) is 1. The first-order valence-electron chi connectivity index (χ1n) is 6.19. The van der Waals surface area contributed by atoms with Crippen LogP contribution < -0.4 is 5.32 Å². The number of nitrogens with zero attached hydrogens (tertiary/aromatic N) is 2. The van der Waals surface area contributed by atoms with Crippen molar-refractivity contribution in [1.82, 2.24) is 10.2 Å². The van der Waals surface area contributed by atoms with E-state index < -0.39 is 0 Å². The van der Waals surface area contributed by atoms with Gasteiger partial charge in [-0.1, -0.05) is 0 Å². The number of morpholine rings is 1. The third kappa shape index (κ3) is 6.25. The standard InChI is InChI=1S/C12H21N3O2/c1-11(10-13)2-3-12(16)14-4-5-15-6-8-17-9-7-15/h11H,2-9H2,1H3,(H,14,16). The Morgan fingerprint density at radius 3 is 2.88 bits per heavy atom. The Balaban J connectivity index is 2.01. The Bertz CT molecular complexity index is 269. The third-order valence-corrected chi connectivity index (χ3v) is 2.88. The van der Waals surface area contributed by atoms with E-state index in [0.29, 0.717) is 19.4 Å². The Morgan fingerprint density at radius 1 is 1.53 bits per heavy atom. The molecule has 5 nitrogen and oxygen atoms in total. The highest BCUT2D eigenvalue weighted by atomic mass is 16.5. The molecule has 1 saturated heterocycles. The predicted molar refractivity (Wildman–Crippen MR) is 64.3 cm³/mol. The van der Waals surface area contributed by atoms with Crippen LogP contribution in [0.1, 0.15) is 19.8 Å². The molecule has 0 spiro atoms. The van der Waals surface area contributed by atoms with E-state index in [-0.39, 0.29) is 11.8 Å². The summed E-state index contributed by atoms with van der Waals surface area (Å²) in [6.45, 7) is 6.85. The van der Waals surface area contributed by atoms with Crippen LogP contribution in [-0.4, -0.2) is 50.2 Å². The van der Waals surface area contributed by atoms with E-state index in [0.717, 1.165) is 32.8 Å². The lowest BCUT2D eigenvalue weighted by molar-refractivity contribution is -0.121. The molecule has 0 aliphatic carbocycles. The van der Waals surface area contributed by atoms with E-state index in [2.05, 4.69) is 16.3 Å². The number of hydrogen-bond acceptors (Lipinski definition) is 4. The minimum atomic E-state index is -0.0417. The molecule has 1 rings (SSSR count). The topological polar surface area (TPSA) is 65.4 Å². The number of nitriles is 1. The number of carbonyl (C=O) groups excluding carboxylic acids is 1. The number of hydrogen-bond donors (Lipinski definition) is 1. The van der Waals surface area contributed by atoms with Crippen LogP contribution in [0.15, 0.2) is 0 Å². The lowest BCUT2D eigenvalue weighted by Crippen LogP contribution is -2.41. The normalized spacial score (nSPS) is 18.4. The van der Waals surface area contributed by atoms with Gasteiger partial charge in [-0.15, -0.1) is 0 Å². The van der Waals surface area contributed by atoms with Crippen molar-refractivity contribution < 1.29 is 9.53 Å². The number of rotatable bonds is 6. The lowest BCUT2D eigenvalue weighted by Gasteiger charge is -2.26. The summed E-state index contributed by atoms with van der Waals surface area (Å²) in [5.74, 6) is 0.000327. The van der Waals surface area contributed by atoms with Gasteiger partial charge in [-0.05, 0) is 13.3 Å². The maximum Gasteiger partial charge on any atom is 0.220 e. The molecule has 0 aromatic heterocycles. The van der Waals surface area contributed by atoms with E-state index in [9.17, 15) is 4.79 Å². The zero-order valence-electron chi connectivity index (χ0n) is 10.4. The average molecular weight is 239 g/mol. The summed E-state index contributed by atoms with van der Waals surface area (Å²) < 4.78 is 5.24. The quantitative estimate of drug-likeness (QED) is 0.727. The zero-order chi connectivity index (χ0) is 12.5. The van der Waals surface area contributed by atoms with Gasteiger partial charge in [0, 0.05) is 38.5 Å². The van der Waals surface area contributed by atoms with Gasteiger partial charge >= 0.3 is 0 Å². The molecule has 1 amide bonds. The van der Waals surface area contributed by atoms with Crippen LogP contribution in [0.4, 0.5) is 0 Å². The summed E-state index contributed by atoms with van der Waals surface area (Å²) in [7, 11) is 0. The molecule has 1 aliphatic rings. The molecular formula is C12H21N3O2. The Labute approximate surface area is 103 Å². The van der Waals surface area contributed by atoms with E-state index >= 15 is 0 Å². The first-order chi connectivity index (χ1) is 8.22. The van der Waals surface area contributed by atoms with E-state index in [1.165, 1.54) is 0 Å². The smallest absolute Gasteiger partial charge is 0.220 e. The summed E-state index contributed by atoms with van der Waals surface area (Å²) in [5.41, 5.74) is 0. The first-order valence-corrected chi connectivity index (χ1v) is 6.19. The highest BCUT2D eigenvalue weighted by Crippen LogP contribution is 2.02. The molecule has 17 heavy (non-hydrogen) atoms. The highest BCUT2D eigenvalue weighted by molar-refractivity contribution is 5.75. The monoisotopic (exact) mass is 239 g/mol. The van der Waals surface area contributed by atoms with Gasteiger partial charge in [0.15, 0.2) is 0 Å². The van der Waals surface area contributed by atoms with E-state index in [1.807, 2.05) is 6.92 Å². The van der Waals surface area contributed by atoms with Gasteiger partial charge in [0.2, 0.25) is 5.91 Å². The fourth-order valence-corrected chi connectivity index (χ4v) is 1.68. The molecule has 1 unspecified atom stereocenters. The molecule has 0 saturated carbocycles. The number of amides is 1. The summed E-state index contributed by atoms with van der Waals surface area (Å²) >= 11 is 0. The molecule has 5 heteroatoms. The van der Waals surface area contributed by atoms with Gasteiger partial charge in [0.25, 0.3) is 0 Å². The highest BCUT2D eigenvalue weighted by Gasteiger charge is 2.10. The minimum Gasteiger partial charge on any atom is -0.379 e. The molecular weight excluding hydrogens is 218 g/mol. The van der Waals surface area contributed by atoms with Crippen molar-refractivity contribution in [3.63, 3.8) is 0 Å². The van der Waals surface area contributed by atoms with Crippen LogP contribution in [0.25, 0.3) is 0 Å². The third-order valence-electron chi connectivity index (χ3n) is 2.88. The summed E-state index contributed by atoms with van der Waals surface area (Å²) in [4.78, 5) is 13.7. The molecule has 1 fully saturated rings. The lowest BCUT2D eigenvalue weighted by atomic mass is 10.1. The molecule has 0 aromatic rings. The first kappa shape index (κ1) is 13.9. The maximum atomic E-state index is 11.4. The van der Waals surface area contributed by atoms with Crippen LogP contribution in [0.5, 0.6) is 0 Å². The predicted octanol–water partition coefficient (Wildman–Crippen LogP) is 0.375. The Hall–Kier alpha value is -1.12.